The fourth-order valence-corrected chi connectivity index (χ4v) is 2.08. The molecule has 0 saturated carbocycles. The van der Waals surface area contributed by atoms with Gasteiger partial charge in [-0.15, -0.1) is 0 Å². The second kappa shape index (κ2) is 7.70. The van der Waals surface area contributed by atoms with E-state index in [4.69, 9.17) is 21.1 Å². The van der Waals surface area contributed by atoms with Gasteiger partial charge in [-0.2, -0.15) is 0 Å². The van der Waals surface area contributed by atoms with Crippen LogP contribution in [0.1, 0.15) is 18.9 Å². The Labute approximate surface area is 129 Å². The lowest BCUT2D eigenvalue weighted by molar-refractivity contribution is -0.134. The molecule has 2 aromatic carbocycles. The lowest BCUT2D eigenvalue weighted by atomic mass is 10.1. The van der Waals surface area contributed by atoms with Crippen LogP contribution in [0.5, 0.6) is 11.5 Å². The van der Waals surface area contributed by atoms with E-state index in [1.54, 1.807) is 13.0 Å². The summed E-state index contributed by atoms with van der Waals surface area (Å²) in [5, 5.41) is 0.439. The van der Waals surface area contributed by atoms with Gasteiger partial charge in [0.1, 0.15) is 5.75 Å². The Balaban J connectivity index is 2.02. The molecule has 0 heterocycles. The molecule has 110 valence electrons. The molecule has 0 amide bonds. The lowest BCUT2D eigenvalue weighted by Gasteiger charge is -2.12. The van der Waals surface area contributed by atoms with Crippen LogP contribution < -0.4 is 9.47 Å². The lowest BCUT2D eigenvalue weighted by Crippen LogP contribution is -2.09. The first-order chi connectivity index (χ1) is 10.2. The van der Waals surface area contributed by atoms with Crippen molar-refractivity contribution < 1.29 is 14.3 Å². The van der Waals surface area contributed by atoms with Gasteiger partial charge in [0.25, 0.3) is 0 Å². The van der Waals surface area contributed by atoms with Crippen LogP contribution in [0.4, 0.5) is 0 Å². The standard InChI is InChI=1S/C17H17ClO3/c1-2-16(19)21-17-13(7-6-10-15(17)18)11-12-20-14-8-4-3-5-9-14/h3-10H,2,11-12H2,1H3. The highest BCUT2D eigenvalue weighted by Gasteiger charge is 2.12. The highest BCUT2D eigenvalue weighted by molar-refractivity contribution is 6.32. The van der Waals surface area contributed by atoms with Crippen molar-refractivity contribution in [3.63, 3.8) is 0 Å². The Morgan fingerprint density at radius 3 is 2.57 bits per heavy atom. The second-order valence-electron chi connectivity index (χ2n) is 4.47. The quantitative estimate of drug-likeness (QED) is 0.590. The minimum absolute atomic E-state index is 0.298. The van der Waals surface area contributed by atoms with Crippen LogP contribution in [0.25, 0.3) is 0 Å². The first-order valence-corrected chi connectivity index (χ1v) is 7.24. The van der Waals surface area contributed by atoms with Gasteiger partial charge in [-0.1, -0.05) is 48.9 Å². The van der Waals surface area contributed by atoms with Gasteiger partial charge in [-0.3, -0.25) is 4.79 Å². The maximum Gasteiger partial charge on any atom is 0.310 e. The molecule has 2 rings (SSSR count). The molecule has 21 heavy (non-hydrogen) atoms. The third-order valence-electron chi connectivity index (χ3n) is 2.94. The van der Waals surface area contributed by atoms with Gasteiger partial charge < -0.3 is 9.47 Å². The SMILES string of the molecule is CCC(=O)Oc1c(Cl)cccc1CCOc1ccccc1. The monoisotopic (exact) mass is 304 g/mol. The van der Waals surface area contributed by atoms with Crippen LogP contribution in [0, 0.1) is 0 Å². The van der Waals surface area contributed by atoms with Crippen molar-refractivity contribution in [1.29, 1.82) is 0 Å². The van der Waals surface area contributed by atoms with Gasteiger partial charge in [-0.05, 0) is 23.8 Å². The molecule has 0 aliphatic heterocycles. The van der Waals surface area contributed by atoms with Gasteiger partial charge >= 0.3 is 5.97 Å². The van der Waals surface area contributed by atoms with Gasteiger partial charge in [0.2, 0.25) is 0 Å². The van der Waals surface area contributed by atoms with Crippen molar-refractivity contribution in [2.24, 2.45) is 0 Å². The van der Waals surface area contributed by atoms with E-state index in [0.29, 0.717) is 30.2 Å². The molecule has 0 fully saturated rings. The zero-order valence-electron chi connectivity index (χ0n) is 11.8. The minimum Gasteiger partial charge on any atom is -0.493 e. The molecule has 0 saturated heterocycles. The van der Waals surface area contributed by atoms with Crippen molar-refractivity contribution in [3.05, 3.63) is 59.1 Å². The summed E-state index contributed by atoms with van der Waals surface area (Å²) in [7, 11) is 0. The molecule has 2 aromatic rings. The maximum absolute atomic E-state index is 11.5. The summed E-state index contributed by atoms with van der Waals surface area (Å²) in [6.45, 7) is 2.23. The highest BCUT2D eigenvalue weighted by atomic mass is 35.5. The average Bonchev–Trinajstić information content (AvgIpc) is 2.51. The molecule has 0 radical (unpaired) electrons. The van der Waals surface area contributed by atoms with Gasteiger partial charge in [0, 0.05) is 12.8 Å². The number of hydrogen-bond acceptors (Lipinski definition) is 3. The van der Waals surface area contributed by atoms with Crippen molar-refractivity contribution in [1.82, 2.24) is 0 Å². The van der Waals surface area contributed by atoms with E-state index in [2.05, 4.69) is 0 Å². The topological polar surface area (TPSA) is 35.5 Å². The molecule has 3 nitrogen and oxygen atoms in total. The molecule has 0 spiro atoms. The van der Waals surface area contributed by atoms with Crippen LogP contribution in [0.15, 0.2) is 48.5 Å². The third kappa shape index (κ3) is 4.50. The first kappa shape index (κ1) is 15.4. The molecular weight excluding hydrogens is 288 g/mol. The van der Waals surface area contributed by atoms with Crippen molar-refractivity contribution in [2.45, 2.75) is 19.8 Å². The number of ether oxygens (including phenoxy) is 2. The number of halogens is 1. The molecule has 0 N–H and O–H groups in total. The Morgan fingerprint density at radius 1 is 1.10 bits per heavy atom. The number of carbonyl (C=O) groups excluding carboxylic acids is 1. The van der Waals surface area contributed by atoms with Crippen molar-refractivity contribution in [3.8, 4) is 11.5 Å². The first-order valence-electron chi connectivity index (χ1n) is 6.86. The largest absolute Gasteiger partial charge is 0.493 e. The predicted molar refractivity (Wildman–Crippen MR) is 83.0 cm³/mol. The molecule has 0 bridgehead atoms. The van der Waals surface area contributed by atoms with Gasteiger partial charge in [0.15, 0.2) is 5.75 Å². The van der Waals surface area contributed by atoms with E-state index >= 15 is 0 Å². The van der Waals surface area contributed by atoms with Crippen LogP contribution in [0.2, 0.25) is 5.02 Å². The van der Waals surface area contributed by atoms with Crippen LogP contribution in [-0.4, -0.2) is 12.6 Å². The second-order valence-corrected chi connectivity index (χ2v) is 4.87. The summed E-state index contributed by atoms with van der Waals surface area (Å²) in [4.78, 5) is 11.5. The summed E-state index contributed by atoms with van der Waals surface area (Å²) < 4.78 is 11.0. The van der Waals surface area contributed by atoms with E-state index in [1.165, 1.54) is 0 Å². The molecule has 4 heteroatoms. The molecule has 0 aliphatic rings. The van der Waals surface area contributed by atoms with E-state index in [0.717, 1.165) is 11.3 Å². The summed E-state index contributed by atoms with van der Waals surface area (Å²) in [6.07, 6.45) is 0.924. The number of hydrogen-bond donors (Lipinski definition) is 0. The molecule has 0 aromatic heterocycles. The minimum atomic E-state index is -0.298. The van der Waals surface area contributed by atoms with Crippen LogP contribution in [-0.2, 0) is 11.2 Å². The van der Waals surface area contributed by atoms with Crippen LogP contribution >= 0.6 is 11.6 Å². The Morgan fingerprint density at radius 2 is 1.86 bits per heavy atom. The number of rotatable bonds is 6. The molecular formula is C17H17ClO3. The number of para-hydroxylation sites is 2. The normalized spacial score (nSPS) is 10.2. The summed E-state index contributed by atoms with van der Waals surface area (Å²) in [5.74, 6) is 0.947. The fraction of sp³-hybridized carbons (Fsp3) is 0.235. The van der Waals surface area contributed by atoms with E-state index in [9.17, 15) is 4.79 Å². The molecule has 0 unspecified atom stereocenters. The van der Waals surface area contributed by atoms with Crippen molar-refractivity contribution in [2.75, 3.05) is 6.61 Å². The highest BCUT2D eigenvalue weighted by Crippen LogP contribution is 2.29. The number of esters is 1. The van der Waals surface area contributed by atoms with Crippen molar-refractivity contribution >= 4 is 17.6 Å². The van der Waals surface area contributed by atoms with Gasteiger partial charge in [0.05, 0.1) is 11.6 Å². The maximum atomic E-state index is 11.5. The molecule has 0 aliphatic carbocycles. The summed E-state index contributed by atoms with van der Waals surface area (Å²) in [6, 6.07) is 15.0. The summed E-state index contributed by atoms with van der Waals surface area (Å²) in [5.41, 5.74) is 0.861. The zero-order valence-corrected chi connectivity index (χ0v) is 12.6. The fourth-order valence-electron chi connectivity index (χ4n) is 1.85. The van der Waals surface area contributed by atoms with E-state index < -0.39 is 0 Å². The Hall–Kier alpha value is -2.00. The Kier molecular flexibility index (Phi) is 5.64. The summed E-state index contributed by atoms with van der Waals surface area (Å²) >= 11 is 6.11. The van der Waals surface area contributed by atoms with E-state index in [-0.39, 0.29) is 5.97 Å². The van der Waals surface area contributed by atoms with Crippen LogP contribution in [0.3, 0.4) is 0 Å². The number of benzene rings is 2. The smallest absolute Gasteiger partial charge is 0.310 e. The zero-order chi connectivity index (χ0) is 15.1. The molecule has 0 atom stereocenters. The van der Waals surface area contributed by atoms with Gasteiger partial charge in [-0.25, -0.2) is 0 Å². The van der Waals surface area contributed by atoms with E-state index in [1.807, 2.05) is 42.5 Å². The Bertz CT molecular complexity index is 596. The third-order valence-corrected chi connectivity index (χ3v) is 3.23. The average molecular weight is 305 g/mol. The predicted octanol–water partition coefficient (Wildman–Crippen LogP) is 4.28. The number of carbonyl (C=O) groups is 1.